The van der Waals surface area contributed by atoms with E-state index in [2.05, 4.69) is 44.8 Å². The Hall–Kier alpha value is -3.39. The molecule has 2 aliphatic rings. The molecule has 8 heteroatoms. The van der Waals surface area contributed by atoms with Crippen LogP contribution in [0.15, 0.2) is 48.5 Å². The topological polar surface area (TPSA) is 71.5 Å². The lowest BCUT2D eigenvalue weighted by atomic mass is 10.1. The number of thiocarbonyl (C=S) groups is 1. The third-order valence-corrected chi connectivity index (χ3v) is 5.54. The molecule has 0 unspecified atom stereocenters. The third-order valence-electron chi connectivity index (χ3n) is 5.29. The summed E-state index contributed by atoms with van der Waals surface area (Å²) in [5, 5.41) is 6.79. The van der Waals surface area contributed by atoms with Crippen molar-refractivity contribution in [2.75, 3.05) is 23.4 Å². The van der Waals surface area contributed by atoms with Crippen LogP contribution in [-0.4, -0.2) is 28.3 Å². The molecule has 158 valence electrons. The average Bonchev–Trinajstić information content (AvgIpc) is 3.22. The molecule has 2 aliphatic heterocycles. The van der Waals surface area contributed by atoms with Gasteiger partial charge in [-0.25, -0.2) is 4.98 Å². The van der Waals surface area contributed by atoms with E-state index < -0.39 is 0 Å². The van der Waals surface area contributed by atoms with Crippen LogP contribution in [-0.2, 0) is 19.6 Å². The van der Waals surface area contributed by atoms with Gasteiger partial charge in [0.15, 0.2) is 16.6 Å². The number of rotatable bonds is 4. The monoisotopic (exact) mass is 433 g/mol. The van der Waals surface area contributed by atoms with Crippen molar-refractivity contribution >= 4 is 29.1 Å². The standard InChI is InChI=1S/C23H23N5O2S/c1-15-10-21(28-13-17-4-2-3-5-18(17)14-28)26-22(25-15)27-23(31)24-12-16-6-7-19-20(11-16)30-9-8-29-19/h2-7,10-11H,8-9,12-14H2,1H3,(H2,24,25,26,27,31). The number of benzene rings is 2. The number of nitrogens with zero attached hydrogens (tertiary/aromatic N) is 3. The Labute approximate surface area is 186 Å². The molecule has 0 spiro atoms. The van der Waals surface area contributed by atoms with Crippen molar-refractivity contribution in [2.45, 2.75) is 26.6 Å². The molecule has 3 heterocycles. The largest absolute Gasteiger partial charge is 0.486 e. The first-order valence-corrected chi connectivity index (χ1v) is 10.7. The molecular weight excluding hydrogens is 410 g/mol. The molecule has 0 amide bonds. The van der Waals surface area contributed by atoms with E-state index in [0.717, 1.165) is 41.7 Å². The molecule has 31 heavy (non-hydrogen) atoms. The van der Waals surface area contributed by atoms with E-state index in [0.29, 0.717) is 30.8 Å². The molecule has 1 aromatic heterocycles. The van der Waals surface area contributed by atoms with Crippen molar-refractivity contribution < 1.29 is 9.47 Å². The highest BCUT2D eigenvalue weighted by molar-refractivity contribution is 7.80. The first-order valence-electron chi connectivity index (χ1n) is 10.2. The van der Waals surface area contributed by atoms with Gasteiger partial charge in [-0.2, -0.15) is 4.98 Å². The Morgan fingerprint density at radius 2 is 1.74 bits per heavy atom. The van der Waals surface area contributed by atoms with Crippen molar-refractivity contribution in [1.29, 1.82) is 0 Å². The van der Waals surface area contributed by atoms with Crippen LogP contribution in [0.2, 0.25) is 0 Å². The Bertz CT molecular complexity index is 1110. The van der Waals surface area contributed by atoms with Gasteiger partial charge in [-0.3, -0.25) is 0 Å². The fraction of sp³-hybridized carbons (Fsp3) is 0.261. The predicted octanol–water partition coefficient (Wildman–Crippen LogP) is 3.56. The van der Waals surface area contributed by atoms with E-state index in [1.807, 2.05) is 31.2 Å². The number of hydrogen-bond donors (Lipinski definition) is 2. The second-order valence-corrected chi connectivity index (χ2v) is 8.01. The molecule has 0 saturated heterocycles. The molecule has 5 rings (SSSR count). The summed E-state index contributed by atoms with van der Waals surface area (Å²) in [6.07, 6.45) is 0. The number of nitrogens with one attached hydrogen (secondary N) is 2. The normalized spacial score (nSPS) is 14.2. The molecule has 2 N–H and O–H groups in total. The van der Waals surface area contributed by atoms with E-state index in [1.54, 1.807) is 0 Å². The van der Waals surface area contributed by atoms with Gasteiger partial charge in [-0.1, -0.05) is 30.3 Å². The molecule has 2 aromatic carbocycles. The van der Waals surface area contributed by atoms with E-state index in [1.165, 1.54) is 11.1 Å². The summed E-state index contributed by atoms with van der Waals surface area (Å²) < 4.78 is 11.2. The zero-order chi connectivity index (χ0) is 21.2. The van der Waals surface area contributed by atoms with Gasteiger partial charge in [0, 0.05) is 31.4 Å². The van der Waals surface area contributed by atoms with Crippen LogP contribution in [0.4, 0.5) is 11.8 Å². The number of anilines is 2. The van der Waals surface area contributed by atoms with Crippen molar-refractivity contribution in [2.24, 2.45) is 0 Å². The zero-order valence-corrected chi connectivity index (χ0v) is 18.0. The molecule has 0 fully saturated rings. The minimum Gasteiger partial charge on any atom is -0.486 e. The molecule has 7 nitrogen and oxygen atoms in total. The van der Waals surface area contributed by atoms with Gasteiger partial charge in [0.1, 0.15) is 19.0 Å². The highest BCUT2D eigenvalue weighted by Gasteiger charge is 2.20. The van der Waals surface area contributed by atoms with Crippen LogP contribution in [0.3, 0.4) is 0 Å². The smallest absolute Gasteiger partial charge is 0.231 e. The average molecular weight is 434 g/mol. The van der Waals surface area contributed by atoms with Crippen molar-refractivity contribution in [3.05, 3.63) is 70.9 Å². The molecule has 0 bridgehead atoms. The van der Waals surface area contributed by atoms with Gasteiger partial charge in [0.25, 0.3) is 0 Å². The van der Waals surface area contributed by atoms with Gasteiger partial charge in [0.05, 0.1) is 0 Å². The Morgan fingerprint density at radius 1 is 1.00 bits per heavy atom. The molecule has 0 aliphatic carbocycles. The number of aryl methyl sites for hydroxylation is 1. The minimum atomic E-state index is 0.469. The van der Waals surface area contributed by atoms with Crippen LogP contribution in [0.5, 0.6) is 11.5 Å². The van der Waals surface area contributed by atoms with Crippen molar-refractivity contribution in [3.63, 3.8) is 0 Å². The van der Waals surface area contributed by atoms with Crippen LogP contribution in [0, 0.1) is 6.92 Å². The quantitative estimate of drug-likeness (QED) is 0.605. The SMILES string of the molecule is Cc1cc(N2Cc3ccccc3C2)nc(NC(=S)NCc2ccc3c(c2)OCCO3)n1. The lowest BCUT2D eigenvalue weighted by Crippen LogP contribution is -2.29. The van der Waals surface area contributed by atoms with Crippen molar-refractivity contribution in [1.82, 2.24) is 15.3 Å². The zero-order valence-electron chi connectivity index (χ0n) is 17.2. The minimum absolute atomic E-state index is 0.469. The van der Waals surface area contributed by atoms with Crippen LogP contribution in [0.25, 0.3) is 0 Å². The Balaban J connectivity index is 1.22. The molecular formula is C23H23N5O2S. The lowest BCUT2D eigenvalue weighted by molar-refractivity contribution is 0.171. The Morgan fingerprint density at radius 3 is 2.52 bits per heavy atom. The predicted molar refractivity (Wildman–Crippen MR) is 124 cm³/mol. The van der Waals surface area contributed by atoms with Crippen LogP contribution >= 0.6 is 12.2 Å². The van der Waals surface area contributed by atoms with E-state index >= 15 is 0 Å². The number of aromatic nitrogens is 2. The maximum atomic E-state index is 5.64. The highest BCUT2D eigenvalue weighted by Crippen LogP contribution is 2.31. The van der Waals surface area contributed by atoms with Crippen LogP contribution < -0.4 is 25.0 Å². The summed E-state index contributed by atoms with van der Waals surface area (Å²) in [6.45, 7) is 5.37. The summed E-state index contributed by atoms with van der Waals surface area (Å²) in [4.78, 5) is 11.4. The first kappa shape index (κ1) is 19.6. The molecule has 0 radical (unpaired) electrons. The Kier molecular flexibility index (Phi) is 5.30. The van der Waals surface area contributed by atoms with Crippen molar-refractivity contribution in [3.8, 4) is 11.5 Å². The first-order chi connectivity index (χ1) is 15.1. The summed E-state index contributed by atoms with van der Waals surface area (Å²) in [7, 11) is 0. The summed E-state index contributed by atoms with van der Waals surface area (Å²) >= 11 is 5.46. The third kappa shape index (κ3) is 4.39. The fourth-order valence-corrected chi connectivity index (χ4v) is 3.95. The lowest BCUT2D eigenvalue weighted by Gasteiger charge is -2.19. The van der Waals surface area contributed by atoms with Gasteiger partial charge in [-0.15, -0.1) is 0 Å². The van der Waals surface area contributed by atoms with Crippen LogP contribution in [0.1, 0.15) is 22.4 Å². The molecule has 3 aromatic rings. The fourth-order valence-electron chi connectivity index (χ4n) is 3.79. The highest BCUT2D eigenvalue weighted by atomic mass is 32.1. The second kappa shape index (κ2) is 8.39. The number of ether oxygens (including phenoxy) is 2. The number of hydrogen-bond acceptors (Lipinski definition) is 6. The van der Waals surface area contributed by atoms with E-state index in [4.69, 9.17) is 26.7 Å². The van der Waals surface area contributed by atoms with Gasteiger partial charge in [0.2, 0.25) is 5.95 Å². The maximum Gasteiger partial charge on any atom is 0.231 e. The van der Waals surface area contributed by atoms with Gasteiger partial charge >= 0.3 is 0 Å². The van der Waals surface area contributed by atoms with E-state index in [-0.39, 0.29) is 0 Å². The molecule has 0 saturated carbocycles. The van der Waals surface area contributed by atoms with E-state index in [9.17, 15) is 0 Å². The summed E-state index contributed by atoms with van der Waals surface area (Å²) in [6, 6.07) is 16.4. The summed E-state index contributed by atoms with van der Waals surface area (Å²) in [5.41, 5.74) is 4.61. The van der Waals surface area contributed by atoms with Gasteiger partial charge in [-0.05, 0) is 48.0 Å². The van der Waals surface area contributed by atoms with Gasteiger partial charge < -0.3 is 25.0 Å². The maximum absolute atomic E-state index is 5.64. The summed E-state index contributed by atoms with van der Waals surface area (Å²) in [5.74, 6) is 2.93. The number of fused-ring (bicyclic) bond motifs is 2. The second-order valence-electron chi connectivity index (χ2n) is 7.60. The molecule has 0 atom stereocenters.